The normalized spacial score (nSPS) is 10.4. The average molecular weight is 217 g/mol. The van der Waals surface area contributed by atoms with Gasteiger partial charge in [0.1, 0.15) is 17.5 Å². The van der Waals surface area contributed by atoms with Crippen LogP contribution in [0.4, 0.5) is 5.82 Å². The summed E-state index contributed by atoms with van der Waals surface area (Å²) in [4.78, 5) is 8.44. The first-order valence-corrected chi connectivity index (χ1v) is 5.20. The van der Waals surface area contributed by atoms with E-state index in [0.29, 0.717) is 0 Å². The van der Waals surface area contributed by atoms with Crippen molar-refractivity contribution in [3.05, 3.63) is 35.5 Å². The molecule has 0 saturated heterocycles. The second kappa shape index (κ2) is 4.30. The summed E-state index contributed by atoms with van der Waals surface area (Å²) in [6.07, 6.45) is 1.79. The van der Waals surface area contributed by atoms with Crippen LogP contribution in [0.15, 0.2) is 18.3 Å². The minimum atomic E-state index is 0.726. The molecule has 5 nitrogen and oxygen atoms in total. The van der Waals surface area contributed by atoms with E-state index >= 15 is 0 Å². The lowest BCUT2D eigenvalue weighted by atomic mass is 10.2. The average Bonchev–Trinajstić information content (AvgIpc) is 2.58. The molecule has 0 fully saturated rings. The van der Waals surface area contributed by atoms with Gasteiger partial charge in [-0.15, -0.1) is 0 Å². The van der Waals surface area contributed by atoms with Gasteiger partial charge in [-0.05, 0) is 31.5 Å². The Morgan fingerprint density at radius 3 is 2.81 bits per heavy atom. The third-order valence-corrected chi connectivity index (χ3v) is 2.38. The highest BCUT2D eigenvalue weighted by atomic mass is 15.3. The zero-order chi connectivity index (χ0) is 11.5. The highest BCUT2D eigenvalue weighted by molar-refractivity contribution is 5.36. The molecule has 84 valence electrons. The molecule has 0 spiro atoms. The predicted octanol–water partition coefficient (Wildman–Crippen LogP) is 1.38. The number of aryl methyl sites for hydroxylation is 2. The SMILES string of the molecule is CNc1cc(Cn2nc(C)nc2C)ccn1. The number of nitrogens with zero attached hydrogens (tertiary/aromatic N) is 4. The fourth-order valence-electron chi connectivity index (χ4n) is 1.59. The van der Waals surface area contributed by atoms with Crippen LogP contribution in [0.5, 0.6) is 0 Å². The van der Waals surface area contributed by atoms with Crippen molar-refractivity contribution in [3.8, 4) is 0 Å². The first-order valence-electron chi connectivity index (χ1n) is 5.20. The molecule has 2 aromatic rings. The van der Waals surface area contributed by atoms with Crippen LogP contribution < -0.4 is 5.32 Å². The van der Waals surface area contributed by atoms with Crippen LogP contribution in [-0.4, -0.2) is 26.8 Å². The van der Waals surface area contributed by atoms with Gasteiger partial charge in [0.2, 0.25) is 0 Å². The molecule has 2 rings (SSSR count). The zero-order valence-corrected chi connectivity index (χ0v) is 9.73. The maximum atomic E-state index is 4.33. The van der Waals surface area contributed by atoms with Crippen molar-refractivity contribution in [2.75, 3.05) is 12.4 Å². The zero-order valence-electron chi connectivity index (χ0n) is 9.73. The smallest absolute Gasteiger partial charge is 0.147 e. The van der Waals surface area contributed by atoms with Crippen molar-refractivity contribution < 1.29 is 0 Å². The molecular formula is C11H15N5. The van der Waals surface area contributed by atoms with Gasteiger partial charge >= 0.3 is 0 Å². The van der Waals surface area contributed by atoms with Crippen molar-refractivity contribution in [2.45, 2.75) is 20.4 Å². The van der Waals surface area contributed by atoms with E-state index in [0.717, 1.165) is 29.6 Å². The Morgan fingerprint density at radius 2 is 2.19 bits per heavy atom. The summed E-state index contributed by atoms with van der Waals surface area (Å²) in [5.41, 5.74) is 1.16. The van der Waals surface area contributed by atoms with Crippen LogP contribution in [0.1, 0.15) is 17.2 Å². The van der Waals surface area contributed by atoms with Crippen LogP contribution in [0.3, 0.4) is 0 Å². The molecule has 0 radical (unpaired) electrons. The Morgan fingerprint density at radius 1 is 1.38 bits per heavy atom. The minimum Gasteiger partial charge on any atom is -0.373 e. The predicted molar refractivity (Wildman–Crippen MR) is 62.4 cm³/mol. The third-order valence-electron chi connectivity index (χ3n) is 2.38. The summed E-state index contributed by atoms with van der Waals surface area (Å²) >= 11 is 0. The number of nitrogens with one attached hydrogen (secondary N) is 1. The van der Waals surface area contributed by atoms with E-state index in [1.807, 2.05) is 37.7 Å². The number of anilines is 1. The number of pyridine rings is 1. The van der Waals surface area contributed by atoms with E-state index in [4.69, 9.17) is 0 Å². The van der Waals surface area contributed by atoms with Crippen LogP contribution in [0.2, 0.25) is 0 Å². The summed E-state index contributed by atoms with van der Waals surface area (Å²) in [5, 5.41) is 7.34. The third kappa shape index (κ3) is 2.18. The van der Waals surface area contributed by atoms with Gasteiger partial charge in [0.15, 0.2) is 0 Å². The Labute approximate surface area is 94.5 Å². The molecule has 0 aliphatic rings. The second-order valence-corrected chi connectivity index (χ2v) is 3.66. The molecule has 2 aromatic heterocycles. The van der Waals surface area contributed by atoms with Crippen LogP contribution >= 0.6 is 0 Å². The van der Waals surface area contributed by atoms with Crippen molar-refractivity contribution in [1.29, 1.82) is 0 Å². The van der Waals surface area contributed by atoms with Crippen molar-refractivity contribution in [1.82, 2.24) is 19.7 Å². The number of hydrogen-bond acceptors (Lipinski definition) is 4. The van der Waals surface area contributed by atoms with Gasteiger partial charge in [0.05, 0.1) is 6.54 Å². The molecule has 0 aliphatic carbocycles. The molecule has 1 N–H and O–H groups in total. The quantitative estimate of drug-likeness (QED) is 0.844. The largest absolute Gasteiger partial charge is 0.373 e. The molecule has 0 atom stereocenters. The van der Waals surface area contributed by atoms with Crippen molar-refractivity contribution in [3.63, 3.8) is 0 Å². The maximum Gasteiger partial charge on any atom is 0.147 e. The molecule has 0 aromatic carbocycles. The maximum absolute atomic E-state index is 4.33. The highest BCUT2D eigenvalue weighted by Crippen LogP contribution is 2.08. The van der Waals surface area contributed by atoms with E-state index in [2.05, 4.69) is 20.4 Å². The Hall–Kier alpha value is -1.91. The lowest BCUT2D eigenvalue weighted by Gasteiger charge is -2.05. The summed E-state index contributed by atoms with van der Waals surface area (Å²) in [5.74, 6) is 2.60. The Bertz CT molecular complexity index is 489. The lowest BCUT2D eigenvalue weighted by Crippen LogP contribution is -2.05. The van der Waals surface area contributed by atoms with Crippen LogP contribution in [0, 0.1) is 13.8 Å². The fraction of sp³-hybridized carbons (Fsp3) is 0.364. The Balaban J connectivity index is 2.23. The molecule has 0 unspecified atom stereocenters. The van der Waals surface area contributed by atoms with Gasteiger partial charge in [0.25, 0.3) is 0 Å². The molecule has 5 heteroatoms. The van der Waals surface area contributed by atoms with E-state index < -0.39 is 0 Å². The molecule has 0 amide bonds. The summed E-state index contributed by atoms with van der Waals surface area (Å²) < 4.78 is 1.89. The second-order valence-electron chi connectivity index (χ2n) is 3.66. The van der Waals surface area contributed by atoms with Gasteiger partial charge in [-0.25, -0.2) is 14.6 Å². The van der Waals surface area contributed by atoms with E-state index in [1.165, 1.54) is 0 Å². The summed E-state index contributed by atoms with van der Waals surface area (Å²) in [6, 6.07) is 3.99. The van der Waals surface area contributed by atoms with Crippen molar-refractivity contribution >= 4 is 5.82 Å². The molecule has 0 saturated carbocycles. The van der Waals surface area contributed by atoms with Gasteiger partial charge in [0, 0.05) is 13.2 Å². The molecule has 16 heavy (non-hydrogen) atoms. The van der Waals surface area contributed by atoms with Gasteiger partial charge in [-0.2, -0.15) is 5.10 Å². The minimum absolute atomic E-state index is 0.726. The first kappa shape index (κ1) is 10.6. The van der Waals surface area contributed by atoms with E-state index in [-0.39, 0.29) is 0 Å². The Kier molecular flexibility index (Phi) is 2.85. The number of hydrogen-bond donors (Lipinski definition) is 1. The molecular weight excluding hydrogens is 202 g/mol. The summed E-state index contributed by atoms with van der Waals surface area (Å²) in [6.45, 7) is 4.58. The van der Waals surface area contributed by atoms with Gasteiger partial charge in [-0.3, -0.25) is 0 Å². The fourth-order valence-corrected chi connectivity index (χ4v) is 1.59. The van der Waals surface area contributed by atoms with Gasteiger partial charge in [-0.1, -0.05) is 0 Å². The topological polar surface area (TPSA) is 55.6 Å². The number of rotatable bonds is 3. The monoisotopic (exact) mass is 217 g/mol. The molecule has 2 heterocycles. The van der Waals surface area contributed by atoms with Crippen LogP contribution in [-0.2, 0) is 6.54 Å². The first-order chi connectivity index (χ1) is 7.69. The van der Waals surface area contributed by atoms with Crippen LogP contribution in [0.25, 0.3) is 0 Å². The van der Waals surface area contributed by atoms with Gasteiger partial charge < -0.3 is 5.32 Å². The highest BCUT2D eigenvalue weighted by Gasteiger charge is 2.03. The van der Waals surface area contributed by atoms with E-state index in [9.17, 15) is 0 Å². The molecule has 0 bridgehead atoms. The molecule has 0 aliphatic heterocycles. The standard InChI is InChI=1S/C11H15N5/c1-8-14-9(2)16(15-8)7-10-4-5-13-11(6-10)12-3/h4-6H,7H2,1-3H3,(H,12,13). The summed E-state index contributed by atoms with van der Waals surface area (Å²) in [7, 11) is 1.86. The lowest BCUT2D eigenvalue weighted by molar-refractivity contribution is 0.656. The van der Waals surface area contributed by atoms with Crippen molar-refractivity contribution in [2.24, 2.45) is 0 Å². The van der Waals surface area contributed by atoms with E-state index in [1.54, 1.807) is 6.20 Å². The number of aromatic nitrogens is 4.